The van der Waals surface area contributed by atoms with Crippen molar-refractivity contribution in [3.63, 3.8) is 0 Å². The van der Waals surface area contributed by atoms with Gasteiger partial charge in [-0.25, -0.2) is 0 Å². The van der Waals surface area contributed by atoms with Crippen molar-refractivity contribution in [1.29, 1.82) is 0 Å². The van der Waals surface area contributed by atoms with Crippen molar-refractivity contribution in [3.05, 3.63) is 35.4 Å². The average Bonchev–Trinajstić information content (AvgIpc) is 2.44. The number of rotatable bonds is 7. The number of nitrogens with one attached hydrogen (secondary N) is 2. The highest BCUT2D eigenvalue weighted by molar-refractivity contribution is 5.84. The lowest BCUT2D eigenvalue weighted by Gasteiger charge is -2.11. The van der Waals surface area contributed by atoms with Crippen LogP contribution >= 0.6 is 0 Å². The van der Waals surface area contributed by atoms with Crippen LogP contribution in [0.2, 0.25) is 0 Å². The minimum Gasteiger partial charge on any atom is -0.394 e. The Morgan fingerprint density at radius 2 is 1.85 bits per heavy atom. The molecule has 1 aromatic rings. The minimum atomic E-state index is -0.299. The normalized spacial score (nSPS) is 11.8. The fourth-order valence-corrected chi connectivity index (χ4v) is 1.65. The zero-order valence-electron chi connectivity index (χ0n) is 12.0. The molecule has 20 heavy (non-hydrogen) atoms. The lowest BCUT2D eigenvalue weighted by molar-refractivity contribution is -0.126. The Morgan fingerprint density at radius 1 is 1.20 bits per heavy atom. The highest BCUT2D eigenvalue weighted by Crippen LogP contribution is 2.05. The van der Waals surface area contributed by atoms with Gasteiger partial charge >= 0.3 is 0 Å². The van der Waals surface area contributed by atoms with Crippen LogP contribution < -0.4 is 10.6 Å². The first-order chi connectivity index (χ1) is 9.51. The summed E-state index contributed by atoms with van der Waals surface area (Å²) in [4.78, 5) is 23.0. The topological polar surface area (TPSA) is 78.4 Å². The van der Waals surface area contributed by atoms with E-state index in [-0.39, 0.29) is 31.0 Å². The summed E-state index contributed by atoms with van der Waals surface area (Å²) in [6.45, 7) is 3.53. The molecule has 0 bridgehead atoms. The van der Waals surface area contributed by atoms with Gasteiger partial charge in [0.1, 0.15) is 0 Å². The lowest BCUT2D eigenvalue weighted by atomic mass is 10.1. The molecule has 1 rings (SSSR count). The van der Waals surface area contributed by atoms with E-state index in [1.54, 1.807) is 6.92 Å². The number of aliphatic hydroxyl groups is 1. The van der Waals surface area contributed by atoms with Gasteiger partial charge in [-0.05, 0) is 25.8 Å². The number of hydrogen-bond acceptors (Lipinski definition) is 3. The molecule has 2 amide bonds. The molecule has 0 saturated heterocycles. The number of amides is 2. The quantitative estimate of drug-likeness (QED) is 0.681. The summed E-state index contributed by atoms with van der Waals surface area (Å²) >= 11 is 0. The molecule has 0 spiro atoms. The van der Waals surface area contributed by atoms with Gasteiger partial charge in [-0.1, -0.05) is 29.8 Å². The first-order valence-corrected chi connectivity index (χ1v) is 6.73. The van der Waals surface area contributed by atoms with Crippen molar-refractivity contribution in [1.82, 2.24) is 10.6 Å². The van der Waals surface area contributed by atoms with Crippen LogP contribution in [0.25, 0.3) is 0 Å². The third-order valence-corrected chi connectivity index (χ3v) is 2.89. The van der Waals surface area contributed by atoms with Crippen LogP contribution in [0.1, 0.15) is 24.5 Å². The number of carbonyl (C=O) groups excluding carboxylic acids is 2. The lowest BCUT2D eigenvalue weighted by Crippen LogP contribution is -2.42. The first-order valence-electron chi connectivity index (χ1n) is 6.73. The Morgan fingerprint density at radius 3 is 2.45 bits per heavy atom. The molecule has 1 aromatic carbocycles. The molecule has 0 aromatic heterocycles. The summed E-state index contributed by atoms with van der Waals surface area (Å²) in [5.41, 5.74) is 2.29. The number of hydrogen-bond donors (Lipinski definition) is 3. The summed E-state index contributed by atoms with van der Waals surface area (Å²) in [6.07, 6.45) is 1.01. The van der Waals surface area contributed by atoms with Gasteiger partial charge in [-0.2, -0.15) is 0 Å². The van der Waals surface area contributed by atoms with Crippen molar-refractivity contribution in [3.8, 4) is 0 Å². The van der Waals surface area contributed by atoms with Crippen LogP contribution in [0.5, 0.6) is 0 Å². The molecule has 0 aliphatic carbocycles. The first kappa shape index (κ1) is 16.2. The van der Waals surface area contributed by atoms with E-state index in [2.05, 4.69) is 10.6 Å². The molecule has 1 unspecified atom stereocenters. The van der Waals surface area contributed by atoms with Gasteiger partial charge in [0.05, 0.1) is 13.2 Å². The van der Waals surface area contributed by atoms with Crippen LogP contribution in [0.4, 0.5) is 0 Å². The molecule has 0 heterocycles. The molecule has 0 fully saturated rings. The largest absolute Gasteiger partial charge is 0.394 e. The SMILES string of the molecule is Cc1ccc(CCC(=O)NCC(=O)NC(C)CO)cc1. The van der Waals surface area contributed by atoms with E-state index in [4.69, 9.17) is 5.11 Å². The van der Waals surface area contributed by atoms with Crippen molar-refractivity contribution >= 4 is 11.8 Å². The van der Waals surface area contributed by atoms with E-state index in [9.17, 15) is 9.59 Å². The van der Waals surface area contributed by atoms with Crippen molar-refractivity contribution in [2.24, 2.45) is 0 Å². The fourth-order valence-electron chi connectivity index (χ4n) is 1.65. The molecule has 1 atom stereocenters. The second-order valence-corrected chi connectivity index (χ2v) is 4.91. The zero-order valence-corrected chi connectivity index (χ0v) is 12.0. The Labute approximate surface area is 119 Å². The Bertz CT molecular complexity index is 443. The molecule has 0 saturated carbocycles. The predicted octanol–water partition coefficient (Wildman–Crippen LogP) is 0.541. The summed E-state index contributed by atoms with van der Waals surface area (Å²) in [7, 11) is 0. The van der Waals surface area contributed by atoms with E-state index in [1.165, 1.54) is 5.56 Å². The maximum Gasteiger partial charge on any atom is 0.239 e. The average molecular weight is 278 g/mol. The second kappa shape index (κ2) is 8.32. The highest BCUT2D eigenvalue weighted by Gasteiger charge is 2.08. The zero-order chi connectivity index (χ0) is 15.0. The summed E-state index contributed by atoms with van der Waals surface area (Å²) < 4.78 is 0. The number of aryl methyl sites for hydroxylation is 2. The third kappa shape index (κ3) is 6.33. The molecule has 110 valence electrons. The van der Waals surface area contributed by atoms with Gasteiger partial charge in [-0.15, -0.1) is 0 Å². The Hall–Kier alpha value is -1.88. The van der Waals surface area contributed by atoms with Crippen molar-refractivity contribution in [2.45, 2.75) is 32.7 Å². The van der Waals surface area contributed by atoms with E-state index < -0.39 is 0 Å². The predicted molar refractivity (Wildman–Crippen MR) is 77.2 cm³/mol. The molecule has 0 aliphatic heterocycles. The molecule has 0 aliphatic rings. The summed E-state index contributed by atoms with van der Waals surface area (Å²) in [5.74, 6) is -0.451. The number of aliphatic hydroxyl groups excluding tert-OH is 1. The minimum absolute atomic E-state index is 0.0585. The Balaban J connectivity index is 2.23. The van der Waals surface area contributed by atoms with Crippen LogP contribution in [0.15, 0.2) is 24.3 Å². The molecule has 5 nitrogen and oxygen atoms in total. The second-order valence-electron chi connectivity index (χ2n) is 4.91. The standard InChI is InChI=1S/C15H22N2O3/c1-11-3-5-13(6-4-11)7-8-14(19)16-9-15(20)17-12(2)10-18/h3-6,12,18H,7-10H2,1-2H3,(H,16,19)(H,17,20). The third-order valence-electron chi connectivity index (χ3n) is 2.89. The van der Waals surface area contributed by atoms with Gasteiger partial charge in [0.2, 0.25) is 11.8 Å². The van der Waals surface area contributed by atoms with Crippen LogP contribution in [-0.2, 0) is 16.0 Å². The van der Waals surface area contributed by atoms with E-state index >= 15 is 0 Å². The van der Waals surface area contributed by atoms with Crippen molar-refractivity contribution < 1.29 is 14.7 Å². The van der Waals surface area contributed by atoms with Gasteiger partial charge < -0.3 is 15.7 Å². The number of carbonyl (C=O) groups is 2. The molecule has 5 heteroatoms. The van der Waals surface area contributed by atoms with Gasteiger partial charge in [0.25, 0.3) is 0 Å². The smallest absolute Gasteiger partial charge is 0.239 e. The number of benzene rings is 1. The van der Waals surface area contributed by atoms with E-state index in [1.807, 2.05) is 31.2 Å². The van der Waals surface area contributed by atoms with Crippen LogP contribution in [0.3, 0.4) is 0 Å². The van der Waals surface area contributed by atoms with Crippen LogP contribution in [0, 0.1) is 6.92 Å². The van der Waals surface area contributed by atoms with Gasteiger partial charge in [0, 0.05) is 12.5 Å². The van der Waals surface area contributed by atoms with Crippen molar-refractivity contribution in [2.75, 3.05) is 13.2 Å². The highest BCUT2D eigenvalue weighted by atomic mass is 16.3. The van der Waals surface area contributed by atoms with Gasteiger partial charge in [0.15, 0.2) is 0 Å². The molecule has 3 N–H and O–H groups in total. The summed E-state index contributed by atoms with van der Waals surface area (Å²) in [5, 5.41) is 13.9. The van der Waals surface area contributed by atoms with E-state index in [0.717, 1.165) is 5.56 Å². The van der Waals surface area contributed by atoms with E-state index in [0.29, 0.717) is 12.8 Å². The van der Waals surface area contributed by atoms with Crippen LogP contribution in [-0.4, -0.2) is 36.1 Å². The molecular formula is C15H22N2O3. The maximum absolute atomic E-state index is 11.6. The molecular weight excluding hydrogens is 256 g/mol. The maximum atomic E-state index is 11.6. The summed E-state index contributed by atoms with van der Waals surface area (Å²) in [6, 6.07) is 7.72. The fraction of sp³-hybridized carbons (Fsp3) is 0.467. The van der Waals surface area contributed by atoms with Gasteiger partial charge in [-0.3, -0.25) is 9.59 Å². The Kier molecular flexibility index (Phi) is 6.73. The molecule has 0 radical (unpaired) electrons. The monoisotopic (exact) mass is 278 g/mol.